The van der Waals surface area contributed by atoms with E-state index >= 15 is 0 Å². The van der Waals surface area contributed by atoms with Gasteiger partial charge < -0.3 is 4.57 Å². The molecule has 0 spiro atoms. The second kappa shape index (κ2) is 3.59. The molecule has 0 unspecified atom stereocenters. The Kier molecular flexibility index (Phi) is 2.19. The first kappa shape index (κ1) is 10.3. The number of hydrogen-bond acceptors (Lipinski definition) is 2. The molecule has 0 atom stereocenters. The highest BCUT2D eigenvalue weighted by Crippen LogP contribution is 2.43. The molecule has 3 heteroatoms. The van der Waals surface area contributed by atoms with E-state index in [1.54, 1.807) is 0 Å². The van der Waals surface area contributed by atoms with Crippen molar-refractivity contribution < 1.29 is 0 Å². The Morgan fingerprint density at radius 3 is 2.94 bits per heavy atom. The van der Waals surface area contributed by atoms with E-state index < -0.39 is 0 Å². The van der Waals surface area contributed by atoms with Crippen LogP contribution in [0.1, 0.15) is 24.8 Å². The van der Waals surface area contributed by atoms with Crippen molar-refractivity contribution in [3.63, 3.8) is 0 Å². The van der Waals surface area contributed by atoms with Crippen LogP contribution in [0.25, 0.3) is 11.0 Å². The van der Waals surface area contributed by atoms with Gasteiger partial charge >= 0.3 is 0 Å². The zero-order valence-corrected chi connectivity index (χ0v) is 9.98. The van der Waals surface area contributed by atoms with Crippen molar-refractivity contribution in [2.24, 2.45) is 12.5 Å². The van der Waals surface area contributed by atoms with E-state index in [1.807, 2.05) is 17.9 Å². The van der Waals surface area contributed by atoms with E-state index in [0.717, 1.165) is 30.3 Å². The van der Waals surface area contributed by atoms with Crippen LogP contribution in [0.3, 0.4) is 0 Å². The van der Waals surface area contributed by atoms with E-state index in [1.165, 1.54) is 12.0 Å². The summed E-state index contributed by atoms with van der Waals surface area (Å²) in [5, 5.41) is 9.25. The number of fused-ring (bicyclic) bond motifs is 1. The van der Waals surface area contributed by atoms with E-state index in [-0.39, 0.29) is 5.41 Å². The molecular formula is C14H15N3. The molecule has 0 radical (unpaired) electrons. The van der Waals surface area contributed by atoms with Crippen LogP contribution in [0.15, 0.2) is 24.5 Å². The number of rotatable bonds is 2. The van der Waals surface area contributed by atoms with Gasteiger partial charge in [-0.05, 0) is 37.0 Å². The van der Waals surface area contributed by atoms with Gasteiger partial charge in [0.05, 0.1) is 28.8 Å². The summed E-state index contributed by atoms with van der Waals surface area (Å²) in [5.74, 6) is 0. The highest BCUT2D eigenvalue weighted by molar-refractivity contribution is 5.76. The number of nitrogens with zero attached hydrogens (tertiary/aromatic N) is 3. The summed E-state index contributed by atoms with van der Waals surface area (Å²) in [6, 6.07) is 8.83. The zero-order chi connectivity index (χ0) is 11.9. The fraction of sp³-hybridized carbons (Fsp3) is 0.429. The lowest BCUT2D eigenvalue weighted by Gasteiger charge is -2.35. The summed E-state index contributed by atoms with van der Waals surface area (Å²) in [6.07, 6.45) is 5.99. The topological polar surface area (TPSA) is 41.6 Å². The molecule has 3 nitrogen and oxygen atoms in total. The van der Waals surface area contributed by atoms with Crippen LogP contribution in [0.5, 0.6) is 0 Å². The summed E-state index contributed by atoms with van der Waals surface area (Å²) in [5.41, 5.74) is 3.31. The number of imidazole rings is 1. The average Bonchev–Trinajstić information content (AvgIpc) is 2.65. The Morgan fingerprint density at radius 1 is 1.47 bits per heavy atom. The molecule has 1 aliphatic carbocycles. The Labute approximate surface area is 101 Å². The summed E-state index contributed by atoms with van der Waals surface area (Å²) >= 11 is 0. The Balaban J connectivity index is 1.94. The van der Waals surface area contributed by atoms with Gasteiger partial charge in [-0.1, -0.05) is 12.5 Å². The van der Waals surface area contributed by atoms with Gasteiger partial charge in [0.15, 0.2) is 0 Å². The van der Waals surface area contributed by atoms with Crippen molar-refractivity contribution in [2.75, 3.05) is 0 Å². The molecule has 86 valence electrons. The monoisotopic (exact) mass is 225 g/mol. The third kappa shape index (κ3) is 1.61. The van der Waals surface area contributed by atoms with Gasteiger partial charge in [-0.25, -0.2) is 4.98 Å². The number of aromatic nitrogens is 2. The maximum absolute atomic E-state index is 9.25. The molecular weight excluding hydrogens is 210 g/mol. The molecule has 1 aromatic heterocycles. The lowest BCUT2D eigenvalue weighted by atomic mass is 9.66. The van der Waals surface area contributed by atoms with Gasteiger partial charge in [-0.3, -0.25) is 0 Å². The van der Waals surface area contributed by atoms with Gasteiger partial charge in [-0.15, -0.1) is 0 Å². The minimum Gasteiger partial charge on any atom is -0.334 e. The molecule has 1 aromatic carbocycles. The number of aryl methyl sites for hydroxylation is 1. The van der Waals surface area contributed by atoms with Crippen LogP contribution < -0.4 is 0 Å². The molecule has 1 fully saturated rings. The van der Waals surface area contributed by atoms with Gasteiger partial charge in [0.25, 0.3) is 0 Å². The molecule has 0 N–H and O–H groups in total. The van der Waals surface area contributed by atoms with E-state index in [9.17, 15) is 5.26 Å². The molecule has 0 amide bonds. The molecule has 0 saturated heterocycles. The maximum atomic E-state index is 9.25. The minimum absolute atomic E-state index is 0.0948. The van der Waals surface area contributed by atoms with Crippen LogP contribution in [-0.4, -0.2) is 9.55 Å². The van der Waals surface area contributed by atoms with Crippen molar-refractivity contribution in [3.05, 3.63) is 30.1 Å². The molecule has 0 aliphatic heterocycles. The van der Waals surface area contributed by atoms with Gasteiger partial charge in [0, 0.05) is 7.05 Å². The molecule has 0 bridgehead atoms. The first-order valence-corrected chi connectivity index (χ1v) is 6.04. The van der Waals surface area contributed by atoms with Crippen LogP contribution in [0.2, 0.25) is 0 Å². The maximum Gasteiger partial charge on any atom is 0.0955 e. The molecule has 1 heterocycles. The van der Waals surface area contributed by atoms with Crippen molar-refractivity contribution in [1.29, 1.82) is 5.26 Å². The lowest BCUT2D eigenvalue weighted by Crippen LogP contribution is -2.29. The molecule has 3 rings (SSSR count). The van der Waals surface area contributed by atoms with Crippen molar-refractivity contribution in [2.45, 2.75) is 25.7 Å². The first-order chi connectivity index (χ1) is 8.22. The lowest BCUT2D eigenvalue weighted by molar-refractivity contribution is 0.214. The number of benzene rings is 1. The number of hydrogen-bond donors (Lipinski definition) is 0. The third-order valence-corrected chi connectivity index (χ3v) is 3.88. The minimum atomic E-state index is -0.0948. The molecule has 1 saturated carbocycles. The Bertz CT molecular complexity index is 599. The summed E-state index contributed by atoms with van der Waals surface area (Å²) in [4.78, 5) is 4.36. The summed E-state index contributed by atoms with van der Waals surface area (Å²) < 4.78 is 2.02. The van der Waals surface area contributed by atoms with E-state index in [2.05, 4.69) is 29.3 Å². The van der Waals surface area contributed by atoms with Crippen LogP contribution in [-0.2, 0) is 13.5 Å². The average molecular weight is 225 g/mol. The fourth-order valence-corrected chi connectivity index (χ4v) is 2.61. The Morgan fingerprint density at radius 2 is 2.29 bits per heavy atom. The van der Waals surface area contributed by atoms with E-state index in [0.29, 0.717) is 0 Å². The summed E-state index contributed by atoms with van der Waals surface area (Å²) in [7, 11) is 2.00. The van der Waals surface area contributed by atoms with Crippen molar-refractivity contribution in [1.82, 2.24) is 9.55 Å². The van der Waals surface area contributed by atoms with Gasteiger partial charge in [0.2, 0.25) is 0 Å². The standard InChI is InChI=1S/C14H15N3/c1-17-10-16-12-7-11(3-4-13(12)17)8-14(9-15)5-2-6-14/h3-4,7,10H,2,5-6,8H2,1H3. The van der Waals surface area contributed by atoms with E-state index in [4.69, 9.17) is 0 Å². The molecule has 1 aliphatic rings. The SMILES string of the molecule is Cn1cnc2cc(CC3(C#N)CCC3)ccc21. The summed E-state index contributed by atoms with van der Waals surface area (Å²) in [6.45, 7) is 0. The highest BCUT2D eigenvalue weighted by Gasteiger charge is 2.37. The van der Waals surface area contributed by atoms with Gasteiger partial charge in [0.1, 0.15) is 0 Å². The van der Waals surface area contributed by atoms with Crippen molar-refractivity contribution in [3.8, 4) is 6.07 Å². The van der Waals surface area contributed by atoms with Crippen LogP contribution >= 0.6 is 0 Å². The van der Waals surface area contributed by atoms with Gasteiger partial charge in [-0.2, -0.15) is 5.26 Å². The molecule has 17 heavy (non-hydrogen) atoms. The smallest absolute Gasteiger partial charge is 0.0955 e. The third-order valence-electron chi connectivity index (χ3n) is 3.88. The number of nitriles is 1. The Hall–Kier alpha value is -1.82. The van der Waals surface area contributed by atoms with Crippen LogP contribution in [0, 0.1) is 16.7 Å². The first-order valence-electron chi connectivity index (χ1n) is 6.04. The second-order valence-electron chi connectivity index (χ2n) is 5.10. The predicted molar refractivity (Wildman–Crippen MR) is 66.3 cm³/mol. The normalized spacial score (nSPS) is 17.6. The van der Waals surface area contributed by atoms with Crippen LogP contribution in [0.4, 0.5) is 0 Å². The quantitative estimate of drug-likeness (QED) is 0.788. The van der Waals surface area contributed by atoms with Crippen molar-refractivity contribution >= 4 is 11.0 Å². The fourth-order valence-electron chi connectivity index (χ4n) is 2.61. The predicted octanol–water partition coefficient (Wildman–Crippen LogP) is 2.81. The largest absolute Gasteiger partial charge is 0.334 e. The molecule has 2 aromatic rings. The highest BCUT2D eigenvalue weighted by atomic mass is 15.0. The second-order valence-corrected chi connectivity index (χ2v) is 5.10. The zero-order valence-electron chi connectivity index (χ0n) is 9.98.